The molecule has 45 heavy (non-hydrogen) atoms. The molecule has 0 rings (SSSR count). The summed E-state index contributed by atoms with van der Waals surface area (Å²) in [5.74, 6) is 0.0401. The van der Waals surface area contributed by atoms with E-state index in [9.17, 15) is 14.0 Å². The van der Waals surface area contributed by atoms with Crippen LogP contribution in [0, 0.1) is 17.3 Å². The molecule has 0 saturated carbocycles. The minimum Gasteiger partial charge on any atom is -0.404 e. The molecule has 250 valence electrons. The fourth-order valence-electron chi connectivity index (χ4n) is 4.27. The molecule has 8 heteroatoms. The highest BCUT2D eigenvalue weighted by atomic mass is 19.1. The quantitative estimate of drug-likeness (QED) is 0.0861. The highest BCUT2D eigenvalue weighted by Crippen LogP contribution is 2.34. The third kappa shape index (κ3) is 17.2. The highest BCUT2D eigenvalue weighted by Gasteiger charge is 2.32. The summed E-state index contributed by atoms with van der Waals surface area (Å²) >= 11 is 0. The van der Waals surface area contributed by atoms with E-state index in [0.29, 0.717) is 36.0 Å². The normalized spacial score (nSPS) is 15.1. The number of carbonyl (C=O) groups excluding carboxylic acids is 2. The Kier molecular flexibility index (Phi) is 19.8. The average molecular weight is 624 g/mol. The minimum absolute atomic E-state index is 0.221. The van der Waals surface area contributed by atoms with Crippen molar-refractivity contribution in [3.63, 3.8) is 0 Å². The minimum atomic E-state index is -1.09. The van der Waals surface area contributed by atoms with Crippen molar-refractivity contribution < 1.29 is 14.0 Å². The predicted octanol–water partition coefficient (Wildman–Crippen LogP) is 8.14. The summed E-state index contributed by atoms with van der Waals surface area (Å²) in [6, 6.07) is -0.400. The van der Waals surface area contributed by atoms with Gasteiger partial charge in [-0.25, -0.2) is 14.2 Å². The van der Waals surface area contributed by atoms with Gasteiger partial charge in [0.1, 0.15) is 11.4 Å². The van der Waals surface area contributed by atoms with Gasteiger partial charge in [-0.3, -0.25) is 4.79 Å². The molecule has 0 heterocycles. The Bertz CT molecular complexity index is 1200. The van der Waals surface area contributed by atoms with Crippen molar-refractivity contribution in [2.45, 2.75) is 87.1 Å². The van der Waals surface area contributed by atoms with E-state index < -0.39 is 11.6 Å². The molecular weight excluding hydrogens is 565 g/mol. The Morgan fingerprint density at radius 1 is 0.978 bits per heavy atom. The van der Waals surface area contributed by atoms with Crippen molar-refractivity contribution >= 4 is 17.6 Å². The molecule has 0 aromatic carbocycles. The predicted molar refractivity (Wildman–Crippen MR) is 190 cm³/mol. The molecule has 0 fully saturated rings. The largest absolute Gasteiger partial charge is 0.404 e. The third-order valence-corrected chi connectivity index (χ3v) is 7.18. The SMILES string of the molecule is C=CC(=CN)C(/C=C\CC(CC(C)C)C(C)(C)CNC(=O)NC(C)(C)C(=O)NC/C=C\C=C/CC)=N/C(/C=C\C(F)=C/C)=C/C. The first-order chi connectivity index (χ1) is 21.2. The lowest BCUT2D eigenvalue weighted by Crippen LogP contribution is -2.58. The van der Waals surface area contributed by atoms with Crippen molar-refractivity contribution in [2.75, 3.05) is 13.1 Å². The van der Waals surface area contributed by atoms with Gasteiger partial charge in [0.05, 0.1) is 11.4 Å². The van der Waals surface area contributed by atoms with Gasteiger partial charge in [-0.05, 0) is 82.4 Å². The van der Waals surface area contributed by atoms with E-state index in [4.69, 9.17) is 10.7 Å². The van der Waals surface area contributed by atoms with Crippen molar-refractivity contribution in [3.8, 4) is 0 Å². The van der Waals surface area contributed by atoms with Gasteiger partial charge in [0.15, 0.2) is 0 Å². The lowest BCUT2D eigenvalue weighted by molar-refractivity contribution is -0.125. The van der Waals surface area contributed by atoms with Gasteiger partial charge in [-0.15, -0.1) is 0 Å². The van der Waals surface area contributed by atoms with E-state index in [1.807, 2.05) is 37.3 Å². The van der Waals surface area contributed by atoms with Gasteiger partial charge in [0.2, 0.25) is 5.91 Å². The highest BCUT2D eigenvalue weighted by molar-refractivity contribution is 6.10. The number of nitrogens with zero attached hydrogens (tertiary/aromatic N) is 1. The van der Waals surface area contributed by atoms with Gasteiger partial charge in [-0.2, -0.15) is 0 Å². The van der Waals surface area contributed by atoms with E-state index in [-0.39, 0.29) is 23.1 Å². The standard InChI is InChI=1S/C37H58FN5O2/c1-11-15-16-17-18-24-40-34(44)37(9,10)43-35(45)41-27-36(7,8)30(25-28(5)6)20-19-21-33(29(12-2)26-39)42-32(14-4)23-22-31(38)13-3/h12-19,21-23,26,28,30H,2,11,20,24-25,27,39H2,1,3-10H3,(H,40,44)(H2,41,43,45)/b16-15-,18-17-,21-19-,23-22-,29-26?,31-13+,32-14+,42-33+. The zero-order chi connectivity index (χ0) is 34.5. The summed E-state index contributed by atoms with van der Waals surface area (Å²) in [4.78, 5) is 30.2. The molecule has 0 aliphatic rings. The zero-order valence-electron chi connectivity index (χ0n) is 29.0. The number of nitrogens with two attached hydrogens (primary N) is 1. The summed E-state index contributed by atoms with van der Waals surface area (Å²) in [6.07, 6.45) is 23.5. The molecule has 0 aromatic rings. The molecular formula is C37H58FN5O2. The lowest BCUT2D eigenvalue weighted by atomic mass is 9.73. The number of hydrogen-bond acceptors (Lipinski definition) is 4. The number of aliphatic imine (C=N–C) groups is 1. The maximum Gasteiger partial charge on any atom is 0.315 e. The van der Waals surface area contributed by atoms with Gasteiger partial charge in [0, 0.05) is 24.9 Å². The molecule has 1 atom stereocenters. The van der Waals surface area contributed by atoms with Crippen LogP contribution in [0.5, 0.6) is 0 Å². The van der Waals surface area contributed by atoms with Crippen molar-refractivity contribution in [3.05, 3.63) is 96.7 Å². The Hall–Kier alpha value is -3.94. The second-order valence-electron chi connectivity index (χ2n) is 12.4. The number of hydrogen-bond donors (Lipinski definition) is 4. The van der Waals surface area contributed by atoms with Crippen molar-refractivity contribution in [2.24, 2.45) is 28.0 Å². The number of urea groups is 1. The van der Waals surface area contributed by atoms with E-state index >= 15 is 0 Å². The van der Waals surface area contributed by atoms with E-state index in [1.54, 1.807) is 39.0 Å². The van der Waals surface area contributed by atoms with Crippen LogP contribution < -0.4 is 21.7 Å². The third-order valence-electron chi connectivity index (χ3n) is 7.18. The number of carbonyl (C=O) groups is 2. The van der Waals surface area contributed by atoms with Crippen LogP contribution >= 0.6 is 0 Å². The van der Waals surface area contributed by atoms with Crippen LogP contribution in [0.15, 0.2) is 102 Å². The molecule has 0 radical (unpaired) electrons. The van der Waals surface area contributed by atoms with Crippen LogP contribution in [0.1, 0.15) is 81.6 Å². The maximum absolute atomic E-state index is 13.7. The Morgan fingerprint density at radius 2 is 1.64 bits per heavy atom. The van der Waals surface area contributed by atoms with Crippen molar-refractivity contribution in [1.82, 2.24) is 16.0 Å². The van der Waals surface area contributed by atoms with Crippen LogP contribution in [0.2, 0.25) is 0 Å². The molecule has 1 unspecified atom stereocenters. The summed E-state index contributed by atoms with van der Waals surface area (Å²) < 4.78 is 13.7. The van der Waals surface area contributed by atoms with Crippen molar-refractivity contribution in [1.29, 1.82) is 0 Å². The second kappa shape index (κ2) is 21.7. The van der Waals surface area contributed by atoms with Gasteiger partial charge >= 0.3 is 6.03 Å². The molecule has 0 aliphatic heterocycles. The monoisotopic (exact) mass is 623 g/mol. The average Bonchev–Trinajstić information content (AvgIpc) is 2.98. The van der Waals surface area contributed by atoms with Crippen LogP contribution in [0.25, 0.3) is 0 Å². The Balaban J connectivity index is 5.67. The molecule has 0 spiro atoms. The first-order valence-corrected chi connectivity index (χ1v) is 15.8. The van der Waals surface area contributed by atoms with Gasteiger partial charge in [0.25, 0.3) is 0 Å². The smallest absolute Gasteiger partial charge is 0.315 e. The number of halogens is 1. The maximum atomic E-state index is 13.7. The Morgan fingerprint density at radius 3 is 2.20 bits per heavy atom. The summed E-state index contributed by atoms with van der Waals surface area (Å²) in [5.41, 5.74) is 6.35. The van der Waals surface area contributed by atoms with E-state index in [1.165, 1.54) is 18.4 Å². The molecule has 0 aromatic heterocycles. The van der Waals surface area contributed by atoms with E-state index in [0.717, 1.165) is 19.3 Å². The molecule has 7 nitrogen and oxygen atoms in total. The molecule has 0 aliphatic carbocycles. The summed E-state index contributed by atoms with van der Waals surface area (Å²) in [7, 11) is 0. The van der Waals surface area contributed by atoms with Gasteiger partial charge in [-0.1, -0.05) is 89.8 Å². The number of rotatable bonds is 19. The molecule has 5 N–H and O–H groups in total. The first-order valence-electron chi connectivity index (χ1n) is 15.8. The van der Waals surface area contributed by atoms with Crippen LogP contribution in [-0.4, -0.2) is 36.3 Å². The topological polar surface area (TPSA) is 109 Å². The van der Waals surface area contributed by atoms with Crippen LogP contribution in [0.4, 0.5) is 9.18 Å². The second-order valence-corrected chi connectivity index (χ2v) is 12.4. The molecule has 3 amide bonds. The van der Waals surface area contributed by atoms with Crippen LogP contribution in [0.3, 0.4) is 0 Å². The van der Waals surface area contributed by atoms with Crippen LogP contribution in [-0.2, 0) is 4.79 Å². The molecule has 0 saturated heterocycles. The Labute approximate surface area is 272 Å². The number of amides is 3. The molecule has 0 bridgehead atoms. The number of nitrogens with one attached hydrogen (secondary N) is 3. The number of allylic oxidation sites excluding steroid dienone is 12. The summed E-state index contributed by atoms with van der Waals surface area (Å²) in [5, 5.41) is 8.62. The fourth-order valence-corrected chi connectivity index (χ4v) is 4.27. The lowest BCUT2D eigenvalue weighted by Gasteiger charge is -2.36. The van der Waals surface area contributed by atoms with Gasteiger partial charge < -0.3 is 21.7 Å². The van der Waals surface area contributed by atoms with E-state index in [2.05, 4.69) is 63.2 Å². The zero-order valence-corrected chi connectivity index (χ0v) is 29.0. The summed E-state index contributed by atoms with van der Waals surface area (Å²) in [6.45, 7) is 22.1. The fraction of sp³-hybridized carbons (Fsp3) is 0.486. The first kappa shape index (κ1) is 41.1.